The van der Waals surface area contributed by atoms with Gasteiger partial charge in [0.2, 0.25) is 5.91 Å². The topological polar surface area (TPSA) is 76.7 Å². The van der Waals surface area contributed by atoms with E-state index in [1.54, 1.807) is 0 Å². The Kier molecular flexibility index (Phi) is 4.72. The number of aliphatic imine (C=N–C) groups is 1. The van der Waals surface area contributed by atoms with Crippen molar-refractivity contribution in [2.75, 3.05) is 6.67 Å². The summed E-state index contributed by atoms with van der Waals surface area (Å²) < 4.78 is 73.0. The normalized spacial score (nSPS) is 34.1. The molecule has 1 saturated carbocycles. The molecule has 27 heavy (non-hydrogen) atoms. The van der Waals surface area contributed by atoms with Crippen molar-refractivity contribution in [3.8, 4) is 0 Å². The van der Waals surface area contributed by atoms with Crippen molar-refractivity contribution in [1.29, 1.82) is 0 Å². The number of nitrogens with zero attached hydrogens (tertiary/aromatic N) is 1. The first kappa shape index (κ1) is 19.6. The van der Waals surface area contributed by atoms with Crippen molar-refractivity contribution in [1.82, 2.24) is 5.32 Å². The molecule has 150 valence electrons. The summed E-state index contributed by atoms with van der Waals surface area (Å²) in [5.41, 5.74) is 1.57. The maximum absolute atomic E-state index is 14.8. The fourth-order valence-corrected chi connectivity index (χ4v) is 3.47. The SMILES string of the molecule is CC1([C@]2(CF)C[C@@H](C(F)(F)F)OC(N)=N2)CC(C(=O)NC2CC2)=CC=C1F. The van der Waals surface area contributed by atoms with E-state index in [2.05, 4.69) is 15.0 Å². The van der Waals surface area contributed by atoms with Gasteiger partial charge in [0.25, 0.3) is 6.02 Å². The summed E-state index contributed by atoms with van der Waals surface area (Å²) in [4.78, 5) is 16.1. The van der Waals surface area contributed by atoms with Gasteiger partial charge in [-0.25, -0.2) is 13.8 Å². The van der Waals surface area contributed by atoms with Gasteiger partial charge in [0, 0.05) is 18.0 Å². The number of allylic oxidation sites excluding steroid dienone is 2. The van der Waals surface area contributed by atoms with Gasteiger partial charge in [0.1, 0.15) is 18.0 Å². The molecule has 0 aromatic heterocycles. The van der Waals surface area contributed by atoms with Gasteiger partial charge in [-0.05, 0) is 25.3 Å². The molecule has 1 aliphatic heterocycles. The number of alkyl halides is 4. The molecule has 0 aromatic rings. The quantitative estimate of drug-likeness (QED) is 0.722. The van der Waals surface area contributed by atoms with E-state index >= 15 is 0 Å². The summed E-state index contributed by atoms with van der Waals surface area (Å²) >= 11 is 0. The molecule has 1 unspecified atom stereocenters. The van der Waals surface area contributed by atoms with Crippen molar-refractivity contribution in [2.24, 2.45) is 16.1 Å². The number of amides is 1. The molecule has 3 aliphatic rings. The summed E-state index contributed by atoms with van der Waals surface area (Å²) in [5, 5.41) is 2.73. The minimum absolute atomic E-state index is 0.0434. The Morgan fingerprint density at radius 3 is 2.63 bits per heavy atom. The van der Waals surface area contributed by atoms with E-state index in [1.807, 2.05) is 0 Å². The lowest BCUT2D eigenvalue weighted by molar-refractivity contribution is -0.212. The predicted octanol–water partition coefficient (Wildman–Crippen LogP) is 2.83. The van der Waals surface area contributed by atoms with Crippen molar-refractivity contribution in [3.05, 3.63) is 23.6 Å². The molecule has 3 N–H and O–H groups in total. The number of carbonyl (C=O) groups excluding carboxylic acids is 1. The first-order valence-electron chi connectivity index (χ1n) is 8.53. The van der Waals surface area contributed by atoms with Crippen LogP contribution >= 0.6 is 0 Å². The average molecular weight is 393 g/mol. The summed E-state index contributed by atoms with van der Waals surface area (Å²) in [7, 11) is 0. The Labute approximate surface area is 152 Å². The van der Waals surface area contributed by atoms with Crippen molar-refractivity contribution in [3.63, 3.8) is 0 Å². The maximum Gasteiger partial charge on any atom is 0.425 e. The number of ether oxygens (including phenoxy) is 1. The highest BCUT2D eigenvalue weighted by Crippen LogP contribution is 2.53. The van der Waals surface area contributed by atoms with Gasteiger partial charge in [-0.2, -0.15) is 13.2 Å². The lowest BCUT2D eigenvalue weighted by Gasteiger charge is -2.48. The molecular weight excluding hydrogens is 373 g/mol. The molecule has 3 atom stereocenters. The van der Waals surface area contributed by atoms with E-state index < -0.39 is 54.1 Å². The van der Waals surface area contributed by atoms with Gasteiger partial charge in [-0.15, -0.1) is 0 Å². The zero-order valence-corrected chi connectivity index (χ0v) is 14.6. The lowest BCUT2D eigenvalue weighted by Crippen LogP contribution is -2.57. The number of nitrogens with two attached hydrogens (primary N) is 1. The summed E-state index contributed by atoms with van der Waals surface area (Å²) in [6, 6.07) is -0.810. The zero-order chi connectivity index (χ0) is 20.0. The van der Waals surface area contributed by atoms with Gasteiger partial charge in [0.15, 0.2) is 6.10 Å². The number of nitrogens with one attached hydrogen (secondary N) is 1. The van der Waals surface area contributed by atoms with E-state index in [1.165, 1.54) is 13.0 Å². The van der Waals surface area contributed by atoms with Crippen LogP contribution in [-0.4, -0.2) is 42.5 Å². The fraction of sp³-hybridized carbons (Fsp3) is 0.647. The molecule has 1 heterocycles. The Bertz CT molecular complexity index is 729. The largest absolute Gasteiger partial charge is 0.452 e. The van der Waals surface area contributed by atoms with Crippen LogP contribution in [0.4, 0.5) is 22.0 Å². The highest BCUT2D eigenvalue weighted by atomic mass is 19.4. The third-order valence-corrected chi connectivity index (χ3v) is 5.43. The number of halogens is 5. The van der Waals surface area contributed by atoms with E-state index in [9.17, 15) is 26.7 Å². The summed E-state index contributed by atoms with van der Waals surface area (Å²) in [6.45, 7) is -0.135. The van der Waals surface area contributed by atoms with Crippen LogP contribution in [0.15, 0.2) is 28.5 Å². The van der Waals surface area contributed by atoms with Crippen LogP contribution in [0.1, 0.15) is 32.6 Å². The number of rotatable bonds is 4. The minimum atomic E-state index is -4.83. The van der Waals surface area contributed by atoms with Crippen LogP contribution in [0.2, 0.25) is 0 Å². The second-order valence-corrected chi connectivity index (χ2v) is 7.43. The standard InChI is InChI=1S/C17H20F5N3O2/c1-15(6-9(2-5-11(15)19)13(26)24-10-3-4-10)16(8-18)7-12(17(20,21)22)27-14(23)25-16/h2,5,10,12H,3-4,6-8H2,1H3,(H2,23,25)(H,24,26)/t12-,15?,16+/m0/s1. The summed E-state index contributed by atoms with van der Waals surface area (Å²) in [6.07, 6.45) is -4.58. The van der Waals surface area contributed by atoms with Gasteiger partial charge < -0.3 is 15.8 Å². The lowest BCUT2D eigenvalue weighted by atomic mass is 9.63. The zero-order valence-electron chi connectivity index (χ0n) is 14.6. The molecule has 0 bridgehead atoms. The van der Waals surface area contributed by atoms with E-state index in [0.717, 1.165) is 18.9 Å². The van der Waals surface area contributed by atoms with Crippen LogP contribution in [0.25, 0.3) is 0 Å². The fourth-order valence-electron chi connectivity index (χ4n) is 3.47. The second kappa shape index (κ2) is 6.49. The van der Waals surface area contributed by atoms with Crippen molar-refractivity contribution in [2.45, 2.75) is 56.5 Å². The van der Waals surface area contributed by atoms with E-state index in [-0.39, 0.29) is 18.0 Å². The van der Waals surface area contributed by atoms with Crippen molar-refractivity contribution >= 4 is 11.9 Å². The first-order valence-corrected chi connectivity index (χ1v) is 8.53. The Morgan fingerprint density at radius 1 is 1.41 bits per heavy atom. The number of amidine groups is 1. The third-order valence-electron chi connectivity index (χ3n) is 5.43. The molecular formula is C17H20F5N3O2. The molecule has 0 saturated heterocycles. The monoisotopic (exact) mass is 393 g/mol. The molecule has 10 heteroatoms. The smallest absolute Gasteiger partial charge is 0.425 e. The number of hydrogen-bond donors (Lipinski definition) is 2. The molecule has 0 radical (unpaired) electrons. The number of hydrogen-bond acceptors (Lipinski definition) is 4. The van der Waals surface area contributed by atoms with E-state index in [4.69, 9.17) is 5.73 Å². The van der Waals surface area contributed by atoms with Crippen LogP contribution in [0.5, 0.6) is 0 Å². The molecule has 3 rings (SSSR count). The predicted molar refractivity (Wildman–Crippen MR) is 87.0 cm³/mol. The number of carbonyl (C=O) groups is 1. The maximum atomic E-state index is 14.8. The molecule has 1 amide bonds. The Hall–Kier alpha value is -2.13. The van der Waals surface area contributed by atoms with Gasteiger partial charge >= 0.3 is 6.18 Å². The van der Waals surface area contributed by atoms with Crippen LogP contribution in [0.3, 0.4) is 0 Å². The molecule has 5 nitrogen and oxygen atoms in total. The third kappa shape index (κ3) is 3.53. The average Bonchev–Trinajstić information content (AvgIpc) is 3.39. The Morgan fingerprint density at radius 2 is 2.07 bits per heavy atom. The van der Waals surface area contributed by atoms with Gasteiger partial charge in [-0.1, -0.05) is 13.0 Å². The van der Waals surface area contributed by atoms with Crippen LogP contribution < -0.4 is 11.1 Å². The first-order chi connectivity index (χ1) is 12.5. The van der Waals surface area contributed by atoms with Gasteiger partial charge in [-0.3, -0.25) is 4.79 Å². The summed E-state index contributed by atoms with van der Waals surface area (Å²) in [5.74, 6) is -1.31. The molecule has 0 spiro atoms. The van der Waals surface area contributed by atoms with Crippen LogP contribution in [0, 0.1) is 5.41 Å². The van der Waals surface area contributed by atoms with Crippen LogP contribution in [-0.2, 0) is 9.53 Å². The molecule has 2 aliphatic carbocycles. The highest BCUT2D eigenvalue weighted by Gasteiger charge is 2.60. The second-order valence-electron chi connectivity index (χ2n) is 7.43. The Balaban J connectivity index is 1.95. The van der Waals surface area contributed by atoms with E-state index in [0.29, 0.717) is 0 Å². The van der Waals surface area contributed by atoms with Crippen molar-refractivity contribution < 1.29 is 31.5 Å². The van der Waals surface area contributed by atoms with Gasteiger partial charge in [0.05, 0.1) is 5.41 Å². The molecule has 1 fully saturated rings. The highest BCUT2D eigenvalue weighted by molar-refractivity contribution is 5.94. The molecule has 0 aromatic carbocycles. The minimum Gasteiger partial charge on any atom is -0.452 e.